The molecule has 9 heteroatoms. The molecule has 0 aliphatic carbocycles. The summed E-state index contributed by atoms with van der Waals surface area (Å²) in [6.45, 7) is 2.39. The number of aryl methyl sites for hydroxylation is 2. The maximum Gasteiger partial charge on any atom is 0.282 e. The molecular weight excluding hydrogens is 384 g/mol. The first-order valence-electron chi connectivity index (χ1n) is 6.83. The van der Waals surface area contributed by atoms with E-state index >= 15 is 0 Å². The molecule has 0 aliphatic heterocycles. The minimum absolute atomic E-state index is 0.178. The topological polar surface area (TPSA) is 93.1 Å². The largest absolute Gasteiger partial charge is 0.381 e. The molecule has 0 unspecified atom stereocenters. The van der Waals surface area contributed by atoms with E-state index in [0.29, 0.717) is 16.7 Å². The molecule has 2 rings (SSSR count). The number of benzene rings is 1. The van der Waals surface area contributed by atoms with Crippen molar-refractivity contribution in [3.8, 4) is 0 Å². The van der Waals surface area contributed by atoms with Gasteiger partial charge in [-0.15, -0.1) is 0 Å². The molecule has 0 spiro atoms. The van der Waals surface area contributed by atoms with Gasteiger partial charge in [0.15, 0.2) is 0 Å². The summed E-state index contributed by atoms with van der Waals surface area (Å²) in [5, 5.41) is 6.86. The fourth-order valence-electron chi connectivity index (χ4n) is 1.82. The molecule has 2 aromatic rings. The number of rotatable bonds is 6. The fourth-order valence-corrected chi connectivity index (χ4v) is 3.35. The van der Waals surface area contributed by atoms with Crippen LogP contribution in [0.1, 0.15) is 5.56 Å². The maximum atomic E-state index is 12.1. The van der Waals surface area contributed by atoms with Gasteiger partial charge in [0.25, 0.3) is 5.56 Å². The molecule has 0 amide bonds. The van der Waals surface area contributed by atoms with Gasteiger partial charge in [-0.25, -0.2) is 17.8 Å². The standard InChI is InChI=1S/C14H17BrN4O3S/c1-10-3-5-11(6-4-10)23(21,22)18-8-7-16-12-9-17-19(2)14(20)13(12)15/h3-6,9,16,18H,7-8H2,1-2H3. The van der Waals surface area contributed by atoms with Crippen LogP contribution in [0.2, 0.25) is 0 Å². The number of nitrogens with zero attached hydrogens (tertiary/aromatic N) is 2. The molecule has 1 aromatic heterocycles. The summed E-state index contributed by atoms with van der Waals surface area (Å²) in [6, 6.07) is 6.61. The summed E-state index contributed by atoms with van der Waals surface area (Å²) >= 11 is 3.19. The number of hydrogen-bond acceptors (Lipinski definition) is 5. The molecule has 1 heterocycles. The van der Waals surface area contributed by atoms with Crippen LogP contribution in [0.4, 0.5) is 5.69 Å². The Morgan fingerprint density at radius 1 is 1.22 bits per heavy atom. The van der Waals surface area contributed by atoms with Crippen molar-refractivity contribution in [2.24, 2.45) is 7.05 Å². The highest BCUT2D eigenvalue weighted by Gasteiger charge is 2.13. The SMILES string of the molecule is Cc1ccc(S(=O)(=O)NCCNc2cnn(C)c(=O)c2Br)cc1. The Hall–Kier alpha value is -1.71. The smallest absolute Gasteiger partial charge is 0.282 e. The molecule has 0 bridgehead atoms. The van der Waals surface area contributed by atoms with Crippen molar-refractivity contribution in [1.29, 1.82) is 0 Å². The lowest BCUT2D eigenvalue weighted by Crippen LogP contribution is -2.29. The van der Waals surface area contributed by atoms with Gasteiger partial charge < -0.3 is 5.32 Å². The van der Waals surface area contributed by atoms with Crippen molar-refractivity contribution in [3.63, 3.8) is 0 Å². The van der Waals surface area contributed by atoms with E-state index in [-0.39, 0.29) is 17.0 Å². The van der Waals surface area contributed by atoms with E-state index in [4.69, 9.17) is 0 Å². The molecule has 7 nitrogen and oxygen atoms in total. The summed E-state index contributed by atoms with van der Waals surface area (Å²) in [6.07, 6.45) is 1.50. The van der Waals surface area contributed by atoms with Crippen LogP contribution in [0, 0.1) is 6.92 Å². The average Bonchev–Trinajstić information content (AvgIpc) is 2.51. The Labute approximate surface area is 142 Å². The van der Waals surface area contributed by atoms with E-state index in [1.165, 1.54) is 10.9 Å². The molecule has 1 aromatic carbocycles. The molecule has 23 heavy (non-hydrogen) atoms. The average molecular weight is 401 g/mol. The quantitative estimate of drug-likeness (QED) is 0.711. The molecule has 2 N–H and O–H groups in total. The second-order valence-corrected chi connectivity index (χ2v) is 7.50. The molecule has 0 atom stereocenters. The van der Waals surface area contributed by atoms with Crippen LogP contribution < -0.4 is 15.6 Å². The second-order valence-electron chi connectivity index (χ2n) is 4.94. The van der Waals surface area contributed by atoms with Crippen molar-refractivity contribution in [2.75, 3.05) is 18.4 Å². The van der Waals surface area contributed by atoms with Gasteiger partial charge in [0.2, 0.25) is 10.0 Å². The van der Waals surface area contributed by atoms with E-state index in [1.54, 1.807) is 31.3 Å². The summed E-state index contributed by atoms with van der Waals surface area (Å²) in [5.74, 6) is 0. The summed E-state index contributed by atoms with van der Waals surface area (Å²) in [4.78, 5) is 11.9. The number of sulfonamides is 1. The number of hydrogen-bond donors (Lipinski definition) is 2. The molecule has 124 valence electrons. The van der Waals surface area contributed by atoms with E-state index in [2.05, 4.69) is 31.1 Å². The Bertz CT molecular complexity index is 847. The lowest BCUT2D eigenvalue weighted by atomic mass is 10.2. The van der Waals surface area contributed by atoms with Crippen LogP contribution in [0.25, 0.3) is 0 Å². The molecule has 0 saturated carbocycles. The van der Waals surface area contributed by atoms with E-state index in [1.807, 2.05) is 6.92 Å². The first kappa shape index (κ1) is 17.6. The maximum absolute atomic E-state index is 12.1. The highest BCUT2D eigenvalue weighted by atomic mass is 79.9. The van der Waals surface area contributed by atoms with Crippen LogP contribution in [-0.4, -0.2) is 31.3 Å². The highest BCUT2D eigenvalue weighted by molar-refractivity contribution is 9.10. The van der Waals surface area contributed by atoms with Crippen molar-refractivity contribution in [1.82, 2.24) is 14.5 Å². The Kier molecular flexibility index (Phi) is 5.55. The third-order valence-corrected chi connectivity index (χ3v) is 5.39. The third-order valence-electron chi connectivity index (χ3n) is 3.14. The second kappa shape index (κ2) is 7.24. The number of halogens is 1. The predicted octanol–water partition coefficient (Wildman–Crippen LogP) is 1.24. The Balaban J connectivity index is 1.94. The number of nitrogens with one attached hydrogen (secondary N) is 2. The van der Waals surface area contributed by atoms with Gasteiger partial charge in [0, 0.05) is 20.1 Å². The van der Waals surface area contributed by atoms with Crippen LogP contribution in [0.15, 0.2) is 44.6 Å². The molecule has 0 aliphatic rings. The van der Waals surface area contributed by atoms with Crippen molar-refractivity contribution < 1.29 is 8.42 Å². The van der Waals surface area contributed by atoms with E-state index in [9.17, 15) is 13.2 Å². The van der Waals surface area contributed by atoms with E-state index < -0.39 is 10.0 Å². The van der Waals surface area contributed by atoms with Gasteiger partial charge in [-0.1, -0.05) is 17.7 Å². The zero-order chi connectivity index (χ0) is 17.0. The van der Waals surface area contributed by atoms with Gasteiger partial charge in [-0.3, -0.25) is 4.79 Å². The van der Waals surface area contributed by atoms with Crippen LogP contribution in [0.3, 0.4) is 0 Å². The minimum atomic E-state index is -3.54. The molecule has 0 radical (unpaired) electrons. The lowest BCUT2D eigenvalue weighted by molar-refractivity contribution is 0.583. The highest BCUT2D eigenvalue weighted by Crippen LogP contribution is 2.15. The van der Waals surface area contributed by atoms with Gasteiger partial charge in [0.05, 0.1) is 16.8 Å². The zero-order valence-electron chi connectivity index (χ0n) is 12.7. The monoisotopic (exact) mass is 400 g/mol. The third kappa shape index (κ3) is 4.40. The van der Waals surface area contributed by atoms with Crippen molar-refractivity contribution >= 4 is 31.6 Å². The summed E-state index contributed by atoms with van der Waals surface area (Å²) < 4.78 is 28.3. The summed E-state index contributed by atoms with van der Waals surface area (Å²) in [7, 11) is -1.99. The van der Waals surface area contributed by atoms with Crippen molar-refractivity contribution in [3.05, 3.63) is 50.9 Å². The van der Waals surface area contributed by atoms with Gasteiger partial charge in [-0.2, -0.15) is 5.10 Å². The van der Waals surface area contributed by atoms with Gasteiger partial charge in [0.1, 0.15) is 4.47 Å². The van der Waals surface area contributed by atoms with Crippen LogP contribution in [0.5, 0.6) is 0 Å². The molecular formula is C14H17BrN4O3S. The first-order chi connectivity index (χ1) is 10.8. The van der Waals surface area contributed by atoms with Crippen molar-refractivity contribution in [2.45, 2.75) is 11.8 Å². The number of aromatic nitrogens is 2. The number of anilines is 1. The summed E-state index contributed by atoms with van der Waals surface area (Å²) in [5.41, 5.74) is 1.24. The van der Waals surface area contributed by atoms with Gasteiger partial charge >= 0.3 is 0 Å². The fraction of sp³-hybridized carbons (Fsp3) is 0.286. The molecule has 0 fully saturated rings. The first-order valence-corrected chi connectivity index (χ1v) is 9.11. The van der Waals surface area contributed by atoms with Gasteiger partial charge in [-0.05, 0) is 35.0 Å². The molecule has 0 saturated heterocycles. The van der Waals surface area contributed by atoms with Crippen LogP contribution in [-0.2, 0) is 17.1 Å². The Morgan fingerprint density at radius 3 is 2.52 bits per heavy atom. The normalized spacial score (nSPS) is 11.4. The lowest BCUT2D eigenvalue weighted by Gasteiger charge is -2.10. The predicted molar refractivity (Wildman–Crippen MR) is 92.0 cm³/mol. The zero-order valence-corrected chi connectivity index (χ0v) is 15.1. The Morgan fingerprint density at radius 2 is 1.87 bits per heavy atom. The van der Waals surface area contributed by atoms with E-state index in [0.717, 1.165) is 5.56 Å². The minimum Gasteiger partial charge on any atom is -0.381 e. The van der Waals surface area contributed by atoms with Crippen LogP contribution >= 0.6 is 15.9 Å².